The molecule has 1 aliphatic rings. The molecule has 1 aliphatic heterocycles. The summed E-state index contributed by atoms with van der Waals surface area (Å²) >= 11 is 0. The lowest BCUT2D eigenvalue weighted by atomic mass is 10.2. The van der Waals surface area contributed by atoms with E-state index in [9.17, 15) is 4.79 Å². The van der Waals surface area contributed by atoms with Gasteiger partial charge in [-0.1, -0.05) is 6.42 Å². The van der Waals surface area contributed by atoms with Crippen molar-refractivity contribution in [3.8, 4) is 0 Å². The van der Waals surface area contributed by atoms with Gasteiger partial charge in [-0.3, -0.25) is 0 Å². The molecule has 6 heteroatoms. The minimum Gasteiger partial charge on any atom is -0.478 e. The number of carbonyl (C=O) groups is 1. The van der Waals surface area contributed by atoms with Crippen molar-refractivity contribution in [2.75, 3.05) is 13.1 Å². The number of aromatic carboxylic acids is 1. The van der Waals surface area contributed by atoms with E-state index < -0.39 is 5.97 Å². The zero-order chi connectivity index (χ0) is 12.1. The van der Waals surface area contributed by atoms with Gasteiger partial charge in [0.1, 0.15) is 11.9 Å². The van der Waals surface area contributed by atoms with Crippen LogP contribution in [0, 0.1) is 0 Å². The predicted octanol–water partition coefficient (Wildman–Crippen LogP) is 0.665. The summed E-state index contributed by atoms with van der Waals surface area (Å²) < 4.78 is 0. The van der Waals surface area contributed by atoms with E-state index in [4.69, 9.17) is 5.11 Å². The Balaban J connectivity index is 1.96. The molecule has 1 aromatic heterocycles. The maximum absolute atomic E-state index is 11.0. The fourth-order valence-electron chi connectivity index (χ4n) is 1.91. The smallest absolute Gasteiger partial charge is 0.339 e. The third-order valence-electron chi connectivity index (χ3n) is 2.85. The van der Waals surface area contributed by atoms with E-state index in [1.807, 2.05) is 0 Å². The number of hydrogen-bond acceptors (Lipinski definition) is 5. The van der Waals surface area contributed by atoms with Crippen LogP contribution in [0.5, 0.6) is 0 Å². The molecule has 1 saturated heterocycles. The fourth-order valence-corrected chi connectivity index (χ4v) is 1.91. The molecule has 1 aromatic rings. The minimum atomic E-state index is -0.985. The Morgan fingerprint density at radius 1 is 1.41 bits per heavy atom. The van der Waals surface area contributed by atoms with Crippen molar-refractivity contribution in [2.24, 2.45) is 0 Å². The first kappa shape index (κ1) is 11.9. The first-order valence-corrected chi connectivity index (χ1v) is 5.78. The van der Waals surface area contributed by atoms with Gasteiger partial charge in [0.05, 0.1) is 12.2 Å². The third-order valence-corrected chi connectivity index (χ3v) is 2.85. The van der Waals surface area contributed by atoms with Crippen molar-refractivity contribution in [1.82, 2.24) is 20.4 Å². The number of hydrogen-bond donors (Lipinski definition) is 2. The molecule has 0 aliphatic carbocycles. The maximum Gasteiger partial charge on any atom is 0.339 e. The van der Waals surface area contributed by atoms with Crippen molar-refractivity contribution in [3.05, 3.63) is 23.8 Å². The topological polar surface area (TPSA) is 78.3 Å². The predicted molar refractivity (Wildman–Crippen MR) is 61.3 cm³/mol. The molecule has 0 aromatic carbocycles. The number of hydrazine groups is 1. The van der Waals surface area contributed by atoms with Crippen molar-refractivity contribution in [3.63, 3.8) is 0 Å². The molecular weight excluding hydrogens is 220 g/mol. The van der Waals surface area contributed by atoms with Gasteiger partial charge < -0.3 is 5.11 Å². The largest absolute Gasteiger partial charge is 0.478 e. The van der Waals surface area contributed by atoms with E-state index in [0.717, 1.165) is 13.1 Å². The number of piperidine rings is 1. The summed E-state index contributed by atoms with van der Waals surface area (Å²) in [6.45, 7) is 2.45. The summed E-state index contributed by atoms with van der Waals surface area (Å²) in [6, 6.07) is 0. The molecular formula is C11H16N4O2. The van der Waals surface area contributed by atoms with Gasteiger partial charge >= 0.3 is 5.97 Å². The van der Waals surface area contributed by atoms with E-state index in [1.165, 1.54) is 31.8 Å². The lowest BCUT2D eigenvalue weighted by Gasteiger charge is -2.27. The van der Waals surface area contributed by atoms with Crippen LogP contribution in [-0.4, -0.2) is 39.1 Å². The highest BCUT2D eigenvalue weighted by atomic mass is 16.4. The number of aromatic nitrogens is 2. The van der Waals surface area contributed by atoms with E-state index in [-0.39, 0.29) is 5.56 Å². The summed E-state index contributed by atoms with van der Waals surface area (Å²) in [5.41, 5.74) is 3.90. The Morgan fingerprint density at radius 3 is 2.88 bits per heavy atom. The fraction of sp³-hybridized carbons (Fsp3) is 0.545. The number of carboxylic acid groups (broad SMARTS) is 1. The molecule has 6 nitrogen and oxygen atoms in total. The number of nitrogens with zero attached hydrogens (tertiary/aromatic N) is 3. The van der Waals surface area contributed by atoms with Gasteiger partial charge in [0.25, 0.3) is 0 Å². The van der Waals surface area contributed by atoms with Crippen LogP contribution in [0.4, 0.5) is 0 Å². The summed E-state index contributed by atoms with van der Waals surface area (Å²) in [7, 11) is 0. The molecule has 0 amide bonds. The second-order valence-corrected chi connectivity index (χ2v) is 4.07. The molecule has 2 N–H and O–H groups in total. The monoisotopic (exact) mass is 236 g/mol. The summed E-state index contributed by atoms with van der Waals surface area (Å²) in [5, 5.41) is 11.1. The van der Waals surface area contributed by atoms with Crippen LogP contribution in [0.2, 0.25) is 0 Å². The Bertz CT molecular complexity index is 391. The minimum absolute atomic E-state index is 0.164. The molecule has 2 heterocycles. The Kier molecular flexibility index (Phi) is 4.00. The lowest BCUT2D eigenvalue weighted by molar-refractivity contribution is 0.0693. The number of nitrogens with one attached hydrogen (secondary N) is 1. The van der Waals surface area contributed by atoms with Crippen LogP contribution < -0.4 is 5.43 Å². The Labute approximate surface area is 99.7 Å². The van der Waals surface area contributed by atoms with Gasteiger partial charge in [0, 0.05) is 19.3 Å². The molecule has 0 bridgehead atoms. The molecule has 0 spiro atoms. The average Bonchev–Trinajstić information content (AvgIpc) is 2.38. The van der Waals surface area contributed by atoms with Crippen molar-refractivity contribution in [1.29, 1.82) is 0 Å². The van der Waals surface area contributed by atoms with Crippen molar-refractivity contribution >= 4 is 5.97 Å². The van der Waals surface area contributed by atoms with Crippen LogP contribution in [0.25, 0.3) is 0 Å². The van der Waals surface area contributed by atoms with Crippen LogP contribution in [0.15, 0.2) is 12.5 Å². The van der Waals surface area contributed by atoms with E-state index in [2.05, 4.69) is 20.4 Å². The highest BCUT2D eigenvalue weighted by molar-refractivity contribution is 5.88. The van der Waals surface area contributed by atoms with Crippen molar-refractivity contribution in [2.45, 2.75) is 25.8 Å². The van der Waals surface area contributed by atoms with Gasteiger partial charge in [0.2, 0.25) is 0 Å². The summed E-state index contributed by atoms with van der Waals surface area (Å²) in [6.07, 6.45) is 6.35. The van der Waals surface area contributed by atoms with Gasteiger partial charge in [-0.05, 0) is 12.8 Å². The van der Waals surface area contributed by atoms with Crippen molar-refractivity contribution < 1.29 is 9.90 Å². The Morgan fingerprint density at radius 2 is 2.18 bits per heavy atom. The molecule has 0 saturated carbocycles. The zero-order valence-electron chi connectivity index (χ0n) is 9.59. The molecule has 0 radical (unpaired) electrons. The van der Waals surface area contributed by atoms with E-state index in [0.29, 0.717) is 12.2 Å². The van der Waals surface area contributed by atoms with Crippen LogP contribution in [0.1, 0.15) is 35.3 Å². The maximum atomic E-state index is 11.0. The van der Waals surface area contributed by atoms with Gasteiger partial charge in [-0.2, -0.15) is 0 Å². The SMILES string of the molecule is O=C(O)c1cncnc1CNN1CCCCC1. The number of carboxylic acids is 1. The quantitative estimate of drug-likeness (QED) is 0.799. The second kappa shape index (κ2) is 5.70. The van der Waals surface area contributed by atoms with Crippen LogP contribution in [-0.2, 0) is 6.54 Å². The molecule has 92 valence electrons. The second-order valence-electron chi connectivity index (χ2n) is 4.07. The third kappa shape index (κ3) is 3.21. The molecule has 0 unspecified atom stereocenters. The van der Waals surface area contributed by atoms with E-state index >= 15 is 0 Å². The highest BCUT2D eigenvalue weighted by Crippen LogP contribution is 2.08. The van der Waals surface area contributed by atoms with Gasteiger partial charge in [-0.25, -0.2) is 25.2 Å². The lowest BCUT2D eigenvalue weighted by Crippen LogP contribution is -2.41. The number of rotatable bonds is 4. The van der Waals surface area contributed by atoms with E-state index in [1.54, 1.807) is 0 Å². The van der Waals surface area contributed by atoms with Gasteiger partial charge in [-0.15, -0.1) is 0 Å². The average molecular weight is 236 g/mol. The van der Waals surface area contributed by atoms with Crippen LogP contribution >= 0.6 is 0 Å². The standard InChI is InChI=1S/C11H16N4O2/c16-11(17)9-6-12-8-13-10(9)7-14-15-4-2-1-3-5-15/h6,8,14H,1-5,7H2,(H,16,17). The normalized spacial score (nSPS) is 16.9. The molecule has 2 rings (SSSR count). The first-order chi connectivity index (χ1) is 8.27. The highest BCUT2D eigenvalue weighted by Gasteiger charge is 2.13. The molecule has 17 heavy (non-hydrogen) atoms. The summed E-state index contributed by atoms with van der Waals surface area (Å²) in [4.78, 5) is 18.7. The molecule has 0 atom stereocenters. The van der Waals surface area contributed by atoms with Gasteiger partial charge in [0.15, 0.2) is 0 Å². The summed E-state index contributed by atoms with van der Waals surface area (Å²) in [5.74, 6) is -0.985. The Hall–Kier alpha value is -1.53. The first-order valence-electron chi connectivity index (χ1n) is 5.78. The zero-order valence-corrected chi connectivity index (χ0v) is 9.59. The van der Waals surface area contributed by atoms with Crippen LogP contribution in [0.3, 0.4) is 0 Å². The molecule has 1 fully saturated rings.